The molecular weight excluding hydrogens is 224 g/mol. The van der Waals surface area contributed by atoms with E-state index >= 15 is 0 Å². The minimum absolute atomic E-state index is 0.214. The second-order valence-corrected chi connectivity index (χ2v) is 3.99. The lowest BCUT2D eigenvalue weighted by Gasteiger charge is -2.33. The summed E-state index contributed by atoms with van der Waals surface area (Å²) in [6, 6.07) is -0.273. The fourth-order valence-corrected chi connectivity index (χ4v) is 1.93. The Bertz CT molecular complexity index is 317. The molecule has 0 aromatic heterocycles. The molecule has 1 atom stereocenters. The van der Waals surface area contributed by atoms with Crippen molar-refractivity contribution in [2.45, 2.75) is 32.2 Å². The minimum atomic E-state index is -0.280. The first-order chi connectivity index (χ1) is 8.08. The number of hydrogen-bond acceptors (Lipinski definition) is 5. The Kier molecular flexibility index (Phi) is 5.09. The maximum absolute atomic E-state index is 11.5. The molecule has 6 heteroatoms. The van der Waals surface area contributed by atoms with E-state index < -0.39 is 0 Å². The third-order valence-electron chi connectivity index (χ3n) is 2.79. The van der Waals surface area contributed by atoms with Crippen LogP contribution < -0.4 is 5.32 Å². The summed E-state index contributed by atoms with van der Waals surface area (Å²) in [7, 11) is 1.34. The fraction of sp³-hybridized carbons (Fsp3) is 0.727. The molecule has 1 unspecified atom stereocenters. The molecule has 1 heterocycles. The van der Waals surface area contributed by atoms with Gasteiger partial charge in [0.15, 0.2) is 0 Å². The molecule has 0 aliphatic carbocycles. The maximum Gasteiger partial charge on any atom is 0.305 e. The molecule has 6 nitrogen and oxygen atoms in total. The van der Waals surface area contributed by atoms with Crippen LogP contribution in [-0.2, 0) is 19.1 Å². The number of imide groups is 1. The average Bonchev–Trinajstić information content (AvgIpc) is 2.28. The molecule has 0 spiro atoms. The van der Waals surface area contributed by atoms with Crippen LogP contribution in [0.25, 0.3) is 0 Å². The normalized spacial score (nSPS) is 21.2. The summed E-state index contributed by atoms with van der Waals surface area (Å²) in [5, 5.41) is 2.31. The molecule has 0 bridgehead atoms. The summed E-state index contributed by atoms with van der Waals surface area (Å²) in [6.07, 6.45) is 1.54. The molecule has 96 valence electrons. The van der Waals surface area contributed by atoms with Gasteiger partial charge in [-0.15, -0.1) is 0 Å². The molecule has 0 aromatic carbocycles. The van der Waals surface area contributed by atoms with Gasteiger partial charge in [0.25, 0.3) is 0 Å². The highest BCUT2D eigenvalue weighted by Crippen LogP contribution is 2.10. The van der Waals surface area contributed by atoms with Gasteiger partial charge >= 0.3 is 5.97 Å². The molecule has 1 aliphatic heterocycles. The summed E-state index contributed by atoms with van der Waals surface area (Å²) in [6.45, 7) is 2.66. The molecule has 0 aromatic rings. The summed E-state index contributed by atoms with van der Waals surface area (Å²) in [5.41, 5.74) is 0. The van der Waals surface area contributed by atoms with E-state index in [2.05, 4.69) is 10.1 Å². The molecule has 1 aliphatic rings. The topological polar surface area (TPSA) is 75.7 Å². The zero-order valence-corrected chi connectivity index (χ0v) is 10.2. The van der Waals surface area contributed by atoms with Gasteiger partial charge < -0.3 is 4.74 Å². The Balaban J connectivity index is 2.46. The summed E-state index contributed by atoms with van der Waals surface area (Å²) >= 11 is 0. The second-order valence-electron chi connectivity index (χ2n) is 3.99. The fourth-order valence-electron chi connectivity index (χ4n) is 1.93. The third kappa shape index (κ3) is 3.81. The predicted molar refractivity (Wildman–Crippen MR) is 60.1 cm³/mol. The van der Waals surface area contributed by atoms with Crippen LogP contribution in [0.2, 0.25) is 0 Å². The van der Waals surface area contributed by atoms with E-state index in [1.165, 1.54) is 7.11 Å². The van der Waals surface area contributed by atoms with Crippen molar-refractivity contribution < 1.29 is 19.1 Å². The van der Waals surface area contributed by atoms with Crippen molar-refractivity contribution in [3.05, 3.63) is 0 Å². The largest absolute Gasteiger partial charge is 0.469 e. The molecule has 17 heavy (non-hydrogen) atoms. The SMILES string of the molecule is CCC1C(=O)NC(=O)CN1CCCC(=O)OC. The molecule has 1 N–H and O–H groups in total. The molecule has 0 radical (unpaired) electrons. The second kappa shape index (κ2) is 6.34. The van der Waals surface area contributed by atoms with Crippen molar-refractivity contribution >= 4 is 17.8 Å². The van der Waals surface area contributed by atoms with Crippen molar-refractivity contribution in [3.8, 4) is 0 Å². The Labute approximate surface area is 100 Å². The van der Waals surface area contributed by atoms with Gasteiger partial charge in [-0.3, -0.25) is 24.6 Å². The van der Waals surface area contributed by atoms with Crippen molar-refractivity contribution in [1.82, 2.24) is 10.2 Å². The number of esters is 1. The van der Waals surface area contributed by atoms with Crippen LogP contribution >= 0.6 is 0 Å². The van der Waals surface area contributed by atoms with E-state index in [4.69, 9.17) is 0 Å². The van der Waals surface area contributed by atoms with Crippen LogP contribution in [0.1, 0.15) is 26.2 Å². The van der Waals surface area contributed by atoms with E-state index in [0.29, 0.717) is 25.8 Å². The standard InChI is InChI=1S/C11H18N2O4/c1-3-8-11(16)12-9(14)7-13(8)6-4-5-10(15)17-2/h8H,3-7H2,1-2H3,(H,12,14,16). The Morgan fingerprint density at radius 1 is 1.53 bits per heavy atom. The zero-order chi connectivity index (χ0) is 12.8. The van der Waals surface area contributed by atoms with E-state index in [0.717, 1.165) is 0 Å². The maximum atomic E-state index is 11.5. The molecule has 0 saturated carbocycles. The summed E-state index contributed by atoms with van der Waals surface area (Å²) in [4.78, 5) is 35.5. The number of amides is 2. The molecule has 2 amide bonds. The number of methoxy groups -OCH3 is 1. The van der Waals surface area contributed by atoms with E-state index in [9.17, 15) is 14.4 Å². The quantitative estimate of drug-likeness (QED) is 0.528. The highest BCUT2D eigenvalue weighted by atomic mass is 16.5. The van der Waals surface area contributed by atoms with Crippen LogP contribution in [0.3, 0.4) is 0 Å². The van der Waals surface area contributed by atoms with Crippen molar-refractivity contribution in [2.75, 3.05) is 20.2 Å². The number of nitrogens with zero attached hydrogens (tertiary/aromatic N) is 1. The third-order valence-corrected chi connectivity index (χ3v) is 2.79. The van der Waals surface area contributed by atoms with Crippen molar-refractivity contribution in [2.24, 2.45) is 0 Å². The highest BCUT2D eigenvalue weighted by Gasteiger charge is 2.31. The summed E-state index contributed by atoms with van der Waals surface area (Å²) < 4.78 is 4.53. The molecule has 1 saturated heterocycles. The van der Waals surface area contributed by atoms with E-state index in [-0.39, 0.29) is 30.4 Å². The van der Waals surface area contributed by atoms with Gasteiger partial charge in [-0.2, -0.15) is 0 Å². The van der Waals surface area contributed by atoms with Gasteiger partial charge in [-0.1, -0.05) is 6.92 Å². The van der Waals surface area contributed by atoms with E-state index in [1.54, 1.807) is 0 Å². The molecular formula is C11H18N2O4. The van der Waals surface area contributed by atoms with Gasteiger partial charge in [-0.05, 0) is 12.8 Å². The minimum Gasteiger partial charge on any atom is -0.469 e. The number of carbonyl (C=O) groups is 3. The molecule has 1 fully saturated rings. The lowest BCUT2D eigenvalue weighted by Crippen LogP contribution is -2.57. The zero-order valence-electron chi connectivity index (χ0n) is 10.2. The first kappa shape index (κ1) is 13.6. The van der Waals surface area contributed by atoms with E-state index in [1.807, 2.05) is 11.8 Å². The number of nitrogens with one attached hydrogen (secondary N) is 1. The lowest BCUT2D eigenvalue weighted by molar-refractivity contribution is -0.140. The Hall–Kier alpha value is -1.43. The van der Waals surface area contributed by atoms with Crippen molar-refractivity contribution in [1.29, 1.82) is 0 Å². The van der Waals surface area contributed by atoms with Crippen molar-refractivity contribution in [3.63, 3.8) is 0 Å². The number of rotatable bonds is 5. The number of ether oxygens (including phenoxy) is 1. The Morgan fingerprint density at radius 2 is 2.24 bits per heavy atom. The van der Waals surface area contributed by atoms with Gasteiger partial charge in [0.2, 0.25) is 11.8 Å². The molecule has 1 rings (SSSR count). The van der Waals surface area contributed by atoms with Gasteiger partial charge in [0.1, 0.15) is 0 Å². The van der Waals surface area contributed by atoms with Gasteiger partial charge in [0.05, 0.1) is 19.7 Å². The Morgan fingerprint density at radius 3 is 2.82 bits per heavy atom. The number of hydrogen-bond donors (Lipinski definition) is 1. The predicted octanol–water partition coefficient (Wildman–Crippen LogP) is -0.323. The monoisotopic (exact) mass is 242 g/mol. The number of piperazine rings is 1. The number of carbonyl (C=O) groups excluding carboxylic acids is 3. The average molecular weight is 242 g/mol. The highest BCUT2D eigenvalue weighted by molar-refractivity contribution is 6.01. The van der Waals surface area contributed by atoms with Crippen LogP contribution in [0.4, 0.5) is 0 Å². The van der Waals surface area contributed by atoms with Crippen LogP contribution in [0, 0.1) is 0 Å². The van der Waals surface area contributed by atoms with Crippen LogP contribution in [-0.4, -0.2) is 48.9 Å². The smallest absolute Gasteiger partial charge is 0.305 e. The first-order valence-electron chi connectivity index (χ1n) is 5.73. The van der Waals surface area contributed by atoms with Gasteiger partial charge in [0, 0.05) is 13.0 Å². The summed E-state index contributed by atoms with van der Waals surface area (Å²) in [5.74, 6) is -0.801. The van der Waals surface area contributed by atoms with Crippen LogP contribution in [0.15, 0.2) is 0 Å². The van der Waals surface area contributed by atoms with Crippen LogP contribution in [0.5, 0.6) is 0 Å². The van der Waals surface area contributed by atoms with Gasteiger partial charge in [-0.25, -0.2) is 0 Å². The first-order valence-corrected chi connectivity index (χ1v) is 5.73. The lowest BCUT2D eigenvalue weighted by atomic mass is 10.1.